The van der Waals surface area contributed by atoms with Crippen molar-refractivity contribution < 1.29 is 0 Å². The van der Waals surface area contributed by atoms with Gasteiger partial charge >= 0.3 is 0 Å². The highest BCUT2D eigenvalue weighted by atomic mass is 35.5. The molecule has 25 heavy (non-hydrogen) atoms. The van der Waals surface area contributed by atoms with E-state index in [4.69, 9.17) is 11.6 Å². The Morgan fingerprint density at radius 1 is 0.840 bits per heavy atom. The first-order chi connectivity index (χ1) is 12.3. The number of nitrogens with one attached hydrogen (secondary N) is 3. The average molecular weight is 350 g/mol. The van der Waals surface area contributed by atoms with E-state index in [1.165, 1.54) is 0 Å². The summed E-state index contributed by atoms with van der Waals surface area (Å²) in [6.45, 7) is 0. The Morgan fingerprint density at radius 3 is 2.48 bits per heavy atom. The van der Waals surface area contributed by atoms with Crippen LogP contribution in [0.15, 0.2) is 89.0 Å². The summed E-state index contributed by atoms with van der Waals surface area (Å²) >= 11 is 6.20. The number of hydrogen-bond donors (Lipinski definition) is 3. The Hall–Kier alpha value is -3.02. The van der Waals surface area contributed by atoms with Gasteiger partial charge in [-0.25, -0.2) is 4.99 Å². The molecule has 5 nitrogen and oxygen atoms in total. The smallest absolute Gasteiger partial charge is 0.146 e. The molecule has 1 aliphatic rings. The van der Waals surface area contributed by atoms with Gasteiger partial charge in [-0.15, -0.1) is 0 Å². The largest absolute Gasteiger partial charge is 0.282 e. The van der Waals surface area contributed by atoms with Crippen molar-refractivity contribution in [3.05, 3.63) is 84.0 Å². The fourth-order valence-corrected chi connectivity index (χ4v) is 2.82. The Bertz CT molecular complexity index is 947. The molecule has 1 heterocycles. The summed E-state index contributed by atoms with van der Waals surface area (Å²) in [5, 5.41) is 4.32. The van der Waals surface area contributed by atoms with Crippen LogP contribution in [0.3, 0.4) is 0 Å². The zero-order valence-corrected chi connectivity index (χ0v) is 14.0. The van der Waals surface area contributed by atoms with E-state index in [1.807, 2.05) is 54.6 Å². The van der Waals surface area contributed by atoms with E-state index in [9.17, 15) is 0 Å². The lowest BCUT2D eigenvalue weighted by Crippen LogP contribution is -2.55. The fraction of sp³-hybridized carbons (Fsp3) is 0. The predicted molar refractivity (Wildman–Crippen MR) is 103 cm³/mol. The molecule has 3 aromatic carbocycles. The van der Waals surface area contributed by atoms with E-state index in [2.05, 4.69) is 39.5 Å². The van der Waals surface area contributed by atoms with Crippen LogP contribution < -0.4 is 16.3 Å². The van der Waals surface area contributed by atoms with Crippen LogP contribution in [0.25, 0.3) is 10.8 Å². The van der Waals surface area contributed by atoms with E-state index in [1.54, 1.807) is 11.3 Å². The molecule has 0 amide bonds. The van der Waals surface area contributed by atoms with Crippen LogP contribution in [-0.2, 0) is 0 Å². The SMILES string of the molecule is ClC1=CC(=Nc2ccccc2)NN(Nc2cccc3ccccc23)N1. The van der Waals surface area contributed by atoms with Gasteiger partial charge < -0.3 is 0 Å². The molecule has 3 aromatic rings. The first-order valence-electron chi connectivity index (χ1n) is 7.87. The Kier molecular flexibility index (Phi) is 4.24. The third-order valence-electron chi connectivity index (χ3n) is 3.74. The van der Waals surface area contributed by atoms with Crippen LogP contribution in [0, 0.1) is 0 Å². The number of para-hydroxylation sites is 1. The van der Waals surface area contributed by atoms with Crippen molar-refractivity contribution in [3.8, 4) is 0 Å². The average Bonchev–Trinajstić information content (AvgIpc) is 2.62. The first kappa shape index (κ1) is 15.5. The minimum atomic E-state index is 0.459. The number of rotatable bonds is 3. The summed E-state index contributed by atoms with van der Waals surface area (Å²) in [5.74, 6) is 0.627. The van der Waals surface area contributed by atoms with Gasteiger partial charge in [0.1, 0.15) is 11.0 Å². The van der Waals surface area contributed by atoms with Crippen molar-refractivity contribution in [1.82, 2.24) is 16.1 Å². The molecule has 0 atom stereocenters. The molecular weight excluding hydrogens is 334 g/mol. The van der Waals surface area contributed by atoms with Crippen LogP contribution in [0.4, 0.5) is 11.4 Å². The minimum absolute atomic E-state index is 0.459. The lowest BCUT2D eigenvalue weighted by Gasteiger charge is -2.29. The van der Waals surface area contributed by atoms with Gasteiger partial charge in [-0.05, 0) is 28.8 Å². The number of aliphatic imine (C=N–C) groups is 1. The molecule has 0 radical (unpaired) electrons. The maximum Gasteiger partial charge on any atom is 0.146 e. The molecule has 0 fully saturated rings. The van der Waals surface area contributed by atoms with Gasteiger partial charge in [0.25, 0.3) is 0 Å². The van der Waals surface area contributed by atoms with Gasteiger partial charge in [0.05, 0.1) is 11.4 Å². The zero-order valence-electron chi connectivity index (χ0n) is 13.3. The molecule has 0 aromatic heterocycles. The molecule has 0 saturated heterocycles. The molecule has 0 bridgehead atoms. The summed E-state index contributed by atoms with van der Waals surface area (Å²) < 4.78 is 0. The van der Waals surface area contributed by atoms with Crippen molar-refractivity contribution in [2.45, 2.75) is 0 Å². The van der Waals surface area contributed by atoms with Crippen molar-refractivity contribution >= 4 is 39.6 Å². The zero-order chi connectivity index (χ0) is 17.1. The third-order valence-corrected chi connectivity index (χ3v) is 3.93. The van der Waals surface area contributed by atoms with Crippen LogP contribution in [-0.4, -0.2) is 11.1 Å². The van der Waals surface area contributed by atoms with Gasteiger partial charge in [0, 0.05) is 11.5 Å². The molecular formula is C19H16ClN5. The highest BCUT2D eigenvalue weighted by Gasteiger charge is 2.15. The van der Waals surface area contributed by atoms with Crippen LogP contribution in [0.2, 0.25) is 0 Å². The number of amidine groups is 1. The Labute approximate surface area is 150 Å². The highest BCUT2D eigenvalue weighted by molar-refractivity contribution is 6.31. The van der Waals surface area contributed by atoms with Gasteiger partial charge in [0.2, 0.25) is 0 Å². The summed E-state index contributed by atoms with van der Waals surface area (Å²) in [7, 11) is 0. The van der Waals surface area contributed by atoms with E-state index < -0.39 is 0 Å². The van der Waals surface area contributed by atoms with E-state index in [-0.39, 0.29) is 0 Å². The molecule has 3 N–H and O–H groups in total. The lowest BCUT2D eigenvalue weighted by atomic mass is 10.1. The maximum atomic E-state index is 6.20. The first-order valence-corrected chi connectivity index (χ1v) is 8.24. The third kappa shape index (κ3) is 3.57. The number of hydrazine groups is 3. The number of anilines is 1. The second-order valence-corrected chi connectivity index (χ2v) is 5.93. The van der Waals surface area contributed by atoms with E-state index in [0.717, 1.165) is 22.1 Å². The van der Waals surface area contributed by atoms with Gasteiger partial charge in [0.15, 0.2) is 0 Å². The van der Waals surface area contributed by atoms with E-state index >= 15 is 0 Å². The molecule has 4 rings (SSSR count). The quantitative estimate of drug-likeness (QED) is 0.617. The van der Waals surface area contributed by atoms with Crippen molar-refractivity contribution in [2.24, 2.45) is 4.99 Å². The molecule has 6 heteroatoms. The predicted octanol–water partition coefficient (Wildman–Crippen LogP) is 4.30. The van der Waals surface area contributed by atoms with Crippen LogP contribution in [0.1, 0.15) is 0 Å². The highest BCUT2D eigenvalue weighted by Crippen LogP contribution is 2.23. The van der Waals surface area contributed by atoms with Crippen LogP contribution >= 0.6 is 11.6 Å². The minimum Gasteiger partial charge on any atom is -0.282 e. The Balaban J connectivity index is 1.59. The molecule has 1 aliphatic heterocycles. The maximum absolute atomic E-state index is 6.20. The standard InChI is InChI=1S/C19H16ClN5/c20-18-13-19(21-15-9-2-1-3-10-15)24-25(23-18)22-17-12-6-8-14-7-4-5-11-16(14)17/h1-13,22-23H,(H,21,24). The summed E-state index contributed by atoms with van der Waals surface area (Å²) in [4.78, 5) is 4.55. The van der Waals surface area contributed by atoms with Crippen molar-refractivity contribution in [2.75, 3.05) is 5.43 Å². The van der Waals surface area contributed by atoms with Gasteiger partial charge in [-0.3, -0.25) is 16.3 Å². The molecule has 0 saturated carbocycles. The summed E-state index contributed by atoms with van der Waals surface area (Å²) in [6.07, 6.45) is 1.73. The fourth-order valence-electron chi connectivity index (χ4n) is 2.63. The van der Waals surface area contributed by atoms with Gasteiger partial charge in [-0.2, -0.15) is 0 Å². The lowest BCUT2D eigenvalue weighted by molar-refractivity contribution is 0.222. The summed E-state index contributed by atoms with van der Waals surface area (Å²) in [6, 6.07) is 24.0. The summed E-state index contributed by atoms with van der Waals surface area (Å²) in [5.41, 5.74) is 11.2. The second-order valence-electron chi connectivity index (χ2n) is 5.52. The molecule has 0 spiro atoms. The Morgan fingerprint density at radius 2 is 1.60 bits per heavy atom. The topological polar surface area (TPSA) is 51.7 Å². The van der Waals surface area contributed by atoms with Gasteiger partial charge in [-0.1, -0.05) is 66.2 Å². The normalized spacial score (nSPS) is 16.2. The molecule has 0 aliphatic carbocycles. The molecule has 124 valence electrons. The number of halogens is 1. The van der Waals surface area contributed by atoms with Crippen molar-refractivity contribution in [1.29, 1.82) is 0 Å². The monoisotopic (exact) mass is 349 g/mol. The molecule has 0 unspecified atom stereocenters. The number of benzene rings is 3. The number of nitrogens with zero attached hydrogens (tertiary/aromatic N) is 2. The van der Waals surface area contributed by atoms with Crippen LogP contribution in [0.5, 0.6) is 0 Å². The number of hydrogen-bond acceptors (Lipinski definition) is 4. The van der Waals surface area contributed by atoms with Crippen molar-refractivity contribution in [3.63, 3.8) is 0 Å². The number of fused-ring (bicyclic) bond motifs is 1. The van der Waals surface area contributed by atoms with E-state index in [0.29, 0.717) is 11.0 Å². The second kappa shape index (κ2) is 6.84.